The van der Waals surface area contributed by atoms with Crippen molar-refractivity contribution in [2.24, 2.45) is 0 Å². The molecule has 10 N–H and O–H groups in total. The molecule has 24 nitrogen and oxygen atoms in total. The minimum atomic E-state index is -1.93. The molecule has 1 aliphatic carbocycles. The average molecular weight is 1060 g/mol. The summed E-state index contributed by atoms with van der Waals surface area (Å²) in [4.78, 5) is 68.2. The molecular formula is C50H84N6O18. The van der Waals surface area contributed by atoms with Gasteiger partial charge in [-0.15, -0.1) is 0 Å². The molecule has 3 fully saturated rings. The quantitative estimate of drug-likeness (QED) is 0.0998. The summed E-state index contributed by atoms with van der Waals surface area (Å²) in [6.07, 6.45) is -19.2. The van der Waals surface area contributed by atoms with E-state index < -0.39 is 145 Å². The minimum Gasteiger partial charge on any atom is -0.444 e. The summed E-state index contributed by atoms with van der Waals surface area (Å²) < 4.78 is 47.3. The lowest BCUT2D eigenvalue weighted by Crippen LogP contribution is -2.70. The Morgan fingerprint density at radius 2 is 1.15 bits per heavy atom. The fraction of sp³-hybridized carbons (Fsp3) is 0.780. The topological polar surface area (TPSA) is 324 Å². The highest BCUT2D eigenvalue weighted by atomic mass is 16.7. The number of benzene rings is 1. The third kappa shape index (κ3) is 20.5. The van der Waals surface area contributed by atoms with Gasteiger partial charge in [0, 0.05) is 19.6 Å². The van der Waals surface area contributed by atoms with E-state index >= 15 is 0 Å². The molecular weight excluding hydrogens is 973 g/mol. The number of amides is 5. The van der Waals surface area contributed by atoms with Crippen LogP contribution < -0.4 is 26.6 Å². The van der Waals surface area contributed by atoms with Crippen LogP contribution in [-0.2, 0) is 49.2 Å². The highest BCUT2D eigenvalue weighted by Gasteiger charge is 2.54. The van der Waals surface area contributed by atoms with Crippen LogP contribution in [0.4, 0.5) is 19.2 Å². The van der Waals surface area contributed by atoms with Crippen LogP contribution in [0.3, 0.4) is 0 Å². The van der Waals surface area contributed by atoms with Gasteiger partial charge in [0.15, 0.2) is 12.6 Å². The molecule has 0 radical (unpaired) electrons. The molecule has 24 heteroatoms. The van der Waals surface area contributed by atoms with Crippen molar-refractivity contribution in [1.29, 1.82) is 0 Å². The predicted molar refractivity (Wildman–Crippen MR) is 265 cm³/mol. The number of hydrogen-bond acceptors (Lipinski definition) is 19. The minimum absolute atomic E-state index is 0.197. The van der Waals surface area contributed by atoms with E-state index in [1.165, 1.54) is 0 Å². The number of nitrogens with one attached hydrogen (secondary N) is 5. The van der Waals surface area contributed by atoms with Gasteiger partial charge in [-0.2, -0.15) is 0 Å². The maximum atomic E-state index is 13.9. The second-order valence-electron chi connectivity index (χ2n) is 23.0. The first kappa shape index (κ1) is 61.9. The first-order valence-electron chi connectivity index (χ1n) is 25.1. The first-order valence-corrected chi connectivity index (χ1v) is 25.1. The number of aliphatic hydroxyl groups is 5. The third-order valence-electron chi connectivity index (χ3n) is 11.5. The van der Waals surface area contributed by atoms with E-state index in [4.69, 9.17) is 37.9 Å². The summed E-state index contributed by atoms with van der Waals surface area (Å²) in [5, 5.41) is 70.1. The number of nitrogens with zero attached hydrogens (tertiary/aromatic N) is 1. The fourth-order valence-electron chi connectivity index (χ4n) is 8.48. The monoisotopic (exact) mass is 1060 g/mol. The number of aliphatic hydroxyl groups excluding tert-OH is 5. The maximum absolute atomic E-state index is 13.9. The van der Waals surface area contributed by atoms with Crippen molar-refractivity contribution in [3.8, 4) is 0 Å². The van der Waals surface area contributed by atoms with E-state index in [-0.39, 0.29) is 19.4 Å². The highest BCUT2D eigenvalue weighted by molar-refractivity contribution is 5.81. The van der Waals surface area contributed by atoms with E-state index in [0.717, 1.165) is 5.56 Å². The van der Waals surface area contributed by atoms with Gasteiger partial charge in [0.2, 0.25) is 5.91 Å². The van der Waals surface area contributed by atoms with Gasteiger partial charge in [-0.25, -0.2) is 19.2 Å². The Balaban J connectivity index is 1.75. The van der Waals surface area contributed by atoms with Crippen LogP contribution in [0.1, 0.15) is 114 Å². The SMILES string of the molecule is CN(Cc1ccccc1)CC1CCC(NC(=O)OC(C)(C)C)[C@H](OC2C(O)[C@H](O[C@@H]3OC(CO)[C@H](O)[C@H](NC(=O)OC(C)(C)C)C3O)[C@H](NC(=O)[C@@H](O)CCNC(=O)OC(C)(C)C)C[C@@H]2NC(=O)OC(C)(C)C)O1. The molecule has 0 spiro atoms. The van der Waals surface area contributed by atoms with Gasteiger partial charge < -0.3 is 90.0 Å². The molecule has 1 aromatic rings. The molecule has 2 saturated heterocycles. The van der Waals surface area contributed by atoms with Crippen LogP contribution in [0.15, 0.2) is 30.3 Å². The number of rotatable bonds is 17. The average Bonchev–Trinajstić information content (AvgIpc) is 3.24. The molecule has 2 heterocycles. The Kier molecular flexibility index (Phi) is 22.1. The maximum Gasteiger partial charge on any atom is 0.408 e. The van der Waals surface area contributed by atoms with Crippen molar-refractivity contribution in [2.45, 2.75) is 223 Å². The van der Waals surface area contributed by atoms with Crippen LogP contribution >= 0.6 is 0 Å². The Hall–Kier alpha value is -4.63. The van der Waals surface area contributed by atoms with Crippen molar-refractivity contribution in [3.63, 3.8) is 0 Å². The molecule has 5 amide bonds. The predicted octanol–water partition coefficient (Wildman–Crippen LogP) is 2.04. The van der Waals surface area contributed by atoms with E-state index in [1.54, 1.807) is 83.1 Å². The zero-order valence-corrected chi connectivity index (χ0v) is 45.1. The number of carbonyl (C=O) groups is 5. The Labute approximate surface area is 434 Å². The molecule has 4 rings (SSSR count). The molecule has 1 saturated carbocycles. The smallest absolute Gasteiger partial charge is 0.408 e. The molecule has 0 aromatic heterocycles. The van der Waals surface area contributed by atoms with Gasteiger partial charge in [0.25, 0.3) is 0 Å². The van der Waals surface area contributed by atoms with Crippen molar-refractivity contribution in [1.82, 2.24) is 31.5 Å². The lowest BCUT2D eigenvalue weighted by atomic mass is 9.83. The molecule has 3 aliphatic rings. The largest absolute Gasteiger partial charge is 0.444 e. The third-order valence-corrected chi connectivity index (χ3v) is 11.5. The van der Waals surface area contributed by atoms with Crippen molar-refractivity contribution in [3.05, 3.63) is 35.9 Å². The first-order chi connectivity index (χ1) is 34.2. The van der Waals surface area contributed by atoms with E-state index in [9.17, 15) is 49.5 Å². The Morgan fingerprint density at radius 3 is 1.69 bits per heavy atom. The number of alkyl carbamates (subject to hydrolysis) is 4. The molecule has 1 aromatic carbocycles. The lowest BCUT2D eigenvalue weighted by Gasteiger charge is -2.49. The number of carbonyl (C=O) groups excluding carboxylic acids is 5. The van der Waals surface area contributed by atoms with Crippen LogP contribution in [0.2, 0.25) is 0 Å². The fourth-order valence-corrected chi connectivity index (χ4v) is 8.48. The summed E-state index contributed by atoms with van der Waals surface area (Å²) in [6, 6.07) is 4.63. The molecule has 0 bridgehead atoms. The van der Waals surface area contributed by atoms with E-state index in [2.05, 4.69) is 31.5 Å². The van der Waals surface area contributed by atoms with E-state index in [0.29, 0.717) is 25.9 Å². The summed E-state index contributed by atoms with van der Waals surface area (Å²) in [5.41, 5.74) is -2.65. The number of hydrogen-bond donors (Lipinski definition) is 10. The van der Waals surface area contributed by atoms with Crippen molar-refractivity contribution in [2.75, 3.05) is 26.7 Å². The zero-order valence-electron chi connectivity index (χ0n) is 45.1. The van der Waals surface area contributed by atoms with Crippen LogP contribution in [0, 0.1) is 0 Å². The van der Waals surface area contributed by atoms with Gasteiger partial charge in [0.1, 0.15) is 65.1 Å². The Morgan fingerprint density at radius 1 is 0.649 bits per heavy atom. The summed E-state index contributed by atoms with van der Waals surface area (Å²) in [5.74, 6) is -1.00. The number of ether oxygens (including phenoxy) is 8. The zero-order chi connectivity index (χ0) is 55.5. The van der Waals surface area contributed by atoms with Gasteiger partial charge in [-0.1, -0.05) is 30.3 Å². The second-order valence-corrected chi connectivity index (χ2v) is 23.0. The van der Waals surface area contributed by atoms with Crippen molar-refractivity contribution < 1.29 is 87.4 Å². The Bertz CT molecular complexity index is 1970. The van der Waals surface area contributed by atoms with Crippen LogP contribution in [0.5, 0.6) is 0 Å². The molecule has 6 unspecified atom stereocenters. The molecule has 74 heavy (non-hydrogen) atoms. The lowest BCUT2D eigenvalue weighted by molar-refractivity contribution is -0.316. The number of likely N-dealkylation sites (N-methyl/N-ethyl adjacent to an activating group) is 1. The van der Waals surface area contributed by atoms with Crippen LogP contribution in [-0.4, -0.2) is 195 Å². The summed E-state index contributed by atoms with van der Waals surface area (Å²) >= 11 is 0. The standard InChI is InChI=1S/C50H84N6O18/c1-47(2,3)71-43(63)51-22-21-32(58)40(62)52-30-23-31(54-45(65)73-49(7,8)9)39(37(61)38(30)70-42-36(60)34(35(59)33(26-57)68-42)55-46(66)74-50(10,11)12)69-41-29(53-44(64)72-48(4,5)6)20-19-28(67-41)25-56(13)24-27-17-15-14-16-18-27/h14-18,28-39,41-42,57-61H,19-26H2,1-13H3,(H,51,63)(H,52,62)(H,53,64)(H,54,65)(H,55,66)/t28?,29?,30-,31+,32+,33?,34+,35+,36?,37?,38-,39?,41+,42+/m1/s1. The van der Waals surface area contributed by atoms with Crippen molar-refractivity contribution >= 4 is 30.3 Å². The highest BCUT2D eigenvalue weighted by Crippen LogP contribution is 2.34. The van der Waals surface area contributed by atoms with Crippen LogP contribution in [0.25, 0.3) is 0 Å². The molecule has 422 valence electrons. The summed E-state index contributed by atoms with van der Waals surface area (Å²) in [7, 11) is 1.92. The molecule has 2 aliphatic heterocycles. The molecule has 14 atom stereocenters. The second kappa shape index (κ2) is 26.4. The van der Waals surface area contributed by atoms with Gasteiger partial charge in [-0.05, 0) is 121 Å². The summed E-state index contributed by atoms with van der Waals surface area (Å²) in [6.45, 7) is 19.7. The van der Waals surface area contributed by atoms with Gasteiger partial charge >= 0.3 is 24.4 Å². The van der Waals surface area contributed by atoms with Gasteiger partial charge in [-0.3, -0.25) is 9.69 Å². The normalized spacial score (nSPS) is 29.3. The van der Waals surface area contributed by atoms with E-state index in [1.807, 2.05) is 37.4 Å². The van der Waals surface area contributed by atoms with Gasteiger partial charge in [0.05, 0.1) is 36.9 Å².